The topological polar surface area (TPSA) is 61.8 Å². The number of esters is 2. The summed E-state index contributed by atoms with van der Waals surface area (Å²) in [5.41, 5.74) is 0. The fourth-order valence-corrected chi connectivity index (χ4v) is 3.42. The molecule has 2 aliphatic rings. The predicted molar refractivity (Wildman–Crippen MR) is 87.6 cm³/mol. The van der Waals surface area contributed by atoms with Crippen LogP contribution in [0.1, 0.15) is 59.8 Å². The molecule has 0 aliphatic heterocycles. The van der Waals surface area contributed by atoms with E-state index in [9.17, 15) is 9.59 Å². The number of rotatable bonds is 6. The maximum Gasteiger partial charge on any atom is 0.311 e. The Hall–Kier alpha value is -1.10. The van der Waals surface area contributed by atoms with E-state index in [0.29, 0.717) is 12.5 Å². The van der Waals surface area contributed by atoms with Crippen molar-refractivity contribution in [3.8, 4) is 0 Å². The standard InChI is InChI=1S/C12H20O3.C6H12O2/c1-3-14-8(2)15-12(13)11-7-9-4-5-10(11)6-9;1-4-5(2)6(7)8-3/h8-11H,3-7H2,1-2H3;5H,4H2,1-3H3. The zero-order valence-electron chi connectivity index (χ0n) is 15.2. The average Bonchev–Trinajstić information content (AvgIpc) is 3.17. The van der Waals surface area contributed by atoms with Gasteiger partial charge in [-0.3, -0.25) is 9.59 Å². The van der Waals surface area contributed by atoms with Gasteiger partial charge in [0.1, 0.15) is 0 Å². The average molecular weight is 328 g/mol. The Balaban J connectivity index is 0.000000284. The van der Waals surface area contributed by atoms with Gasteiger partial charge in [-0.05, 0) is 51.4 Å². The minimum absolute atomic E-state index is 0.0387. The van der Waals surface area contributed by atoms with Crippen molar-refractivity contribution in [2.45, 2.75) is 66.1 Å². The smallest absolute Gasteiger partial charge is 0.311 e. The Morgan fingerprint density at radius 2 is 1.83 bits per heavy atom. The molecule has 2 bridgehead atoms. The lowest BCUT2D eigenvalue weighted by molar-refractivity contribution is -0.180. The quantitative estimate of drug-likeness (QED) is 0.551. The van der Waals surface area contributed by atoms with Crippen molar-refractivity contribution in [1.82, 2.24) is 0 Å². The molecular weight excluding hydrogens is 296 g/mol. The van der Waals surface area contributed by atoms with E-state index in [-0.39, 0.29) is 30.1 Å². The molecule has 2 fully saturated rings. The molecule has 5 unspecified atom stereocenters. The third kappa shape index (κ3) is 6.13. The van der Waals surface area contributed by atoms with E-state index < -0.39 is 0 Å². The minimum atomic E-state index is -0.387. The van der Waals surface area contributed by atoms with Crippen LogP contribution in [-0.2, 0) is 23.8 Å². The normalized spacial score (nSPS) is 27.6. The van der Waals surface area contributed by atoms with Crippen molar-refractivity contribution in [3.63, 3.8) is 0 Å². The Morgan fingerprint density at radius 1 is 1.13 bits per heavy atom. The molecule has 5 nitrogen and oxygen atoms in total. The molecule has 134 valence electrons. The molecule has 0 aromatic carbocycles. The van der Waals surface area contributed by atoms with Gasteiger partial charge in [0.15, 0.2) is 6.29 Å². The number of hydrogen-bond donors (Lipinski definition) is 0. The summed E-state index contributed by atoms with van der Waals surface area (Å²) in [4.78, 5) is 22.3. The molecule has 2 aliphatic carbocycles. The van der Waals surface area contributed by atoms with Gasteiger partial charge in [-0.15, -0.1) is 0 Å². The molecule has 0 radical (unpaired) electrons. The molecule has 0 spiro atoms. The molecule has 2 saturated carbocycles. The van der Waals surface area contributed by atoms with E-state index in [1.165, 1.54) is 26.4 Å². The molecule has 0 N–H and O–H groups in total. The molecule has 0 aromatic heterocycles. The van der Waals surface area contributed by atoms with E-state index in [1.54, 1.807) is 6.92 Å². The van der Waals surface area contributed by atoms with Gasteiger partial charge in [-0.25, -0.2) is 0 Å². The highest BCUT2D eigenvalue weighted by molar-refractivity contribution is 5.73. The lowest BCUT2D eigenvalue weighted by Gasteiger charge is -2.22. The Morgan fingerprint density at radius 3 is 2.22 bits per heavy atom. The third-order valence-corrected chi connectivity index (χ3v) is 4.94. The van der Waals surface area contributed by atoms with Gasteiger partial charge in [-0.2, -0.15) is 0 Å². The van der Waals surface area contributed by atoms with Gasteiger partial charge in [-0.1, -0.05) is 20.3 Å². The van der Waals surface area contributed by atoms with E-state index in [2.05, 4.69) is 4.74 Å². The van der Waals surface area contributed by atoms with Crippen LogP contribution in [0.3, 0.4) is 0 Å². The number of carbonyl (C=O) groups is 2. The van der Waals surface area contributed by atoms with Crippen molar-refractivity contribution >= 4 is 11.9 Å². The monoisotopic (exact) mass is 328 g/mol. The van der Waals surface area contributed by atoms with Crippen LogP contribution >= 0.6 is 0 Å². The van der Waals surface area contributed by atoms with Crippen molar-refractivity contribution in [2.75, 3.05) is 13.7 Å². The highest BCUT2D eigenvalue weighted by Crippen LogP contribution is 2.48. The number of hydrogen-bond acceptors (Lipinski definition) is 5. The van der Waals surface area contributed by atoms with Gasteiger partial charge in [0.25, 0.3) is 0 Å². The first-order chi connectivity index (χ1) is 10.9. The molecule has 2 rings (SSSR count). The Labute approximate surface area is 140 Å². The number of carbonyl (C=O) groups excluding carboxylic acids is 2. The van der Waals surface area contributed by atoms with Crippen molar-refractivity contribution in [1.29, 1.82) is 0 Å². The van der Waals surface area contributed by atoms with Crippen molar-refractivity contribution < 1.29 is 23.8 Å². The summed E-state index contributed by atoms with van der Waals surface area (Å²) >= 11 is 0. The van der Waals surface area contributed by atoms with Crippen LogP contribution < -0.4 is 0 Å². The highest BCUT2D eigenvalue weighted by Gasteiger charge is 2.44. The fraction of sp³-hybridized carbons (Fsp3) is 0.889. The van der Waals surface area contributed by atoms with Crippen LogP contribution in [-0.4, -0.2) is 31.9 Å². The second-order valence-corrected chi connectivity index (χ2v) is 6.57. The zero-order chi connectivity index (χ0) is 17.4. The minimum Gasteiger partial charge on any atom is -0.469 e. The van der Waals surface area contributed by atoms with E-state index in [1.807, 2.05) is 20.8 Å². The maximum absolute atomic E-state index is 11.8. The summed E-state index contributed by atoms with van der Waals surface area (Å²) in [6.07, 6.45) is 5.28. The summed E-state index contributed by atoms with van der Waals surface area (Å²) in [7, 11) is 1.41. The molecular formula is C18H32O5. The molecule has 0 saturated heterocycles. The lowest BCUT2D eigenvalue weighted by Crippen LogP contribution is -2.27. The van der Waals surface area contributed by atoms with Crippen LogP contribution in [0.25, 0.3) is 0 Å². The summed E-state index contributed by atoms with van der Waals surface area (Å²) < 4.78 is 14.9. The number of ether oxygens (including phenoxy) is 3. The predicted octanol–water partition coefficient (Wildman–Crippen LogP) is 3.55. The van der Waals surface area contributed by atoms with Gasteiger partial charge in [0.05, 0.1) is 18.9 Å². The summed E-state index contributed by atoms with van der Waals surface area (Å²) in [5.74, 6) is 1.44. The second-order valence-electron chi connectivity index (χ2n) is 6.57. The van der Waals surface area contributed by atoms with Crippen molar-refractivity contribution in [3.05, 3.63) is 0 Å². The summed E-state index contributed by atoms with van der Waals surface area (Å²) in [5, 5.41) is 0. The highest BCUT2D eigenvalue weighted by atomic mass is 16.7. The lowest BCUT2D eigenvalue weighted by atomic mass is 9.89. The van der Waals surface area contributed by atoms with E-state index in [4.69, 9.17) is 9.47 Å². The van der Waals surface area contributed by atoms with Crippen molar-refractivity contribution in [2.24, 2.45) is 23.7 Å². The molecule has 23 heavy (non-hydrogen) atoms. The molecule has 0 amide bonds. The van der Waals surface area contributed by atoms with Crippen LogP contribution in [0.2, 0.25) is 0 Å². The molecule has 0 aromatic rings. The summed E-state index contributed by atoms with van der Waals surface area (Å²) in [6.45, 7) is 8.09. The first-order valence-corrected chi connectivity index (χ1v) is 8.82. The number of methoxy groups -OCH3 is 1. The van der Waals surface area contributed by atoms with Crippen LogP contribution in [0.4, 0.5) is 0 Å². The first kappa shape index (κ1) is 19.9. The maximum atomic E-state index is 11.8. The molecule has 5 heteroatoms. The molecule has 0 heterocycles. The van der Waals surface area contributed by atoms with Gasteiger partial charge in [0, 0.05) is 6.61 Å². The van der Waals surface area contributed by atoms with Crippen LogP contribution in [0.5, 0.6) is 0 Å². The van der Waals surface area contributed by atoms with Crippen LogP contribution in [0, 0.1) is 23.7 Å². The molecule has 5 atom stereocenters. The summed E-state index contributed by atoms with van der Waals surface area (Å²) in [6, 6.07) is 0. The largest absolute Gasteiger partial charge is 0.469 e. The van der Waals surface area contributed by atoms with E-state index in [0.717, 1.165) is 18.8 Å². The SMILES string of the molecule is CCC(C)C(=O)OC.CCOC(C)OC(=O)C1CC2CCC1C2. The number of fused-ring (bicyclic) bond motifs is 2. The van der Waals surface area contributed by atoms with Gasteiger partial charge >= 0.3 is 11.9 Å². The third-order valence-electron chi connectivity index (χ3n) is 4.94. The van der Waals surface area contributed by atoms with Gasteiger partial charge < -0.3 is 14.2 Å². The Bertz CT molecular complexity index is 382. The first-order valence-electron chi connectivity index (χ1n) is 8.82. The van der Waals surface area contributed by atoms with Gasteiger partial charge in [0.2, 0.25) is 0 Å². The van der Waals surface area contributed by atoms with Crippen LogP contribution in [0.15, 0.2) is 0 Å². The zero-order valence-corrected chi connectivity index (χ0v) is 15.2. The Kier molecular flexibility index (Phi) is 8.59. The second kappa shape index (κ2) is 9.91. The fourth-order valence-electron chi connectivity index (χ4n) is 3.42. The van der Waals surface area contributed by atoms with E-state index >= 15 is 0 Å².